The lowest BCUT2D eigenvalue weighted by atomic mass is 10.2. The molecule has 0 saturated carbocycles. The molecule has 1 aliphatic carbocycles. The van der Waals surface area contributed by atoms with E-state index in [0.717, 1.165) is 17.3 Å². The van der Waals surface area contributed by atoms with Gasteiger partial charge in [-0.15, -0.1) is 0 Å². The van der Waals surface area contributed by atoms with Gasteiger partial charge in [-0.25, -0.2) is 0 Å². The number of thioether (sulfide) groups is 1. The maximum atomic E-state index is 10.7. The Bertz CT molecular complexity index is 410. The van der Waals surface area contributed by atoms with Gasteiger partial charge in [0, 0.05) is 17.0 Å². The molecule has 0 aromatic carbocycles. The average molecular weight is 285 g/mol. The minimum absolute atomic E-state index is 0.411. The second-order valence-electron chi connectivity index (χ2n) is 7.31. The Hall–Kier alpha value is 0.0638. The molecule has 1 aliphatic heterocycles. The van der Waals surface area contributed by atoms with Gasteiger partial charge < -0.3 is 5.11 Å². The van der Waals surface area contributed by atoms with Crippen LogP contribution in [-0.4, -0.2) is 32.8 Å². The van der Waals surface area contributed by atoms with Gasteiger partial charge >= 0.3 is 0 Å². The van der Waals surface area contributed by atoms with Gasteiger partial charge in [0.15, 0.2) is 0 Å². The van der Waals surface area contributed by atoms with E-state index in [-0.39, 0.29) is 0 Å². The molecule has 0 bridgehead atoms. The van der Waals surface area contributed by atoms with E-state index in [1.54, 1.807) is 11.1 Å². The highest BCUT2D eigenvalue weighted by Crippen LogP contribution is 2.53. The molecule has 2 aliphatic rings. The Labute approximate surface area is 111 Å². The standard InChI is InChI=1S/C13H24OSSi2/c1-16(2,3)12-9-7-15-8-10(9)13(11(12)14)17(4,5)6/h12,14H,7-8H2,1-6H3. The van der Waals surface area contributed by atoms with E-state index in [2.05, 4.69) is 39.3 Å². The van der Waals surface area contributed by atoms with Gasteiger partial charge in [-0.2, -0.15) is 11.8 Å². The maximum absolute atomic E-state index is 10.7. The summed E-state index contributed by atoms with van der Waals surface area (Å²) in [5.41, 5.74) is 3.54. The normalized spacial score (nSPS) is 25.9. The first kappa shape index (κ1) is 13.5. The predicted molar refractivity (Wildman–Crippen MR) is 84.4 cm³/mol. The van der Waals surface area contributed by atoms with Crippen LogP contribution in [0.25, 0.3) is 0 Å². The first-order valence-corrected chi connectivity index (χ1v) is 14.6. The Morgan fingerprint density at radius 2 is 1.65 bits per heavy atom. The molecule has 0 radical (unpaired) electrons. The first-order valence-electron chi connectivity index (χ1n) is 6.37. The zero-order valence-corrected chi connectivity index (χ0v) is 14.7. The molecule has 0 amide bonds. The number of allylic oxidation sites excluding steroid dienone is 2. The SMILES string of the molecule is C[Si](C)(C)C1=C(O)C([Si](C)(C)C)C2=C1CSC2. The van der Waals surface area contributed by atoms with E-state index in [1.807, 2.05) is 11.8 Å². The molecular formula is C13H24OSSi2. The minimum atomic E-state index is -1.41. The summed E-state index contributed by atoms with van der Waals surface area (Å²) >= 11 is 2.03. The van der Waals surface area contributed by atoms with Gasteiger partial charge in [-0.1, -0.05) is 39.3 Å². The molecule has 17 heavy (non-hydrogen) atoms. The molecule has 0 aromatic heterocycles. The van der Waals surface area contributed by atoms with Crippen molar-refractivity contribution in [2.75, 3.05) is 11.5 Å². The van der Waals surface area contributed by atoms with Crippen molar-refractivity contribution in [2.24, 2.45) is 0 Å². The van der Waals surface area contributed by atoms with Gasteiger partial charge in [0.2, 0.25) is 0 Å². The molecule has 0 aromatic rings. The van der Waals surface area contributed by atoms with E-state index in [0.29, 0.717) is 5.54 Å². The first-order chi connectivity index (χ1) is 7.64. The molecule has 1 unspecified atom stereocenters. The van der Waals surface area contributed by atoms with Gasteiger partial charge in [0.05, 0.1) is 21.9 Å². The van der Waals surface area contributed by atoms with Crippen molar-refractivity contribution in [2.45, 2.75) is 44.8 Å². The second-order valence-corrected chi connectivity index (χ2v) is 18.6. The van der Waals surface area contributed by atoms with Crippen molar-refractivity contribution in [3.8, 4) is 0 Å². The molecule has 1 heterocycles. The zero-order chi connectivity index (χ0) is 13.0. The summed E-state index contributed by atoms with van der Waals surface area (Å²) in [6.07, 6.45) is 0. The summed E-state index contributed by atoms with van der Waals surface area (Å²) in [6.45, 7) is 14.2. The van der Waals surface area contributed by atoms with Crippen LogP contribution < -0.4 is 0 Å². The number of rotatable bonds is 2. The molecule has 0 saturated heterocycles. The smallest absolute Gasteiger partial charge is 0.0962 e. The summed E-state index contributed by atoms with van der Waals surface area (Å²) in [6, 6.07) is 0. The highest BCUT2D eigenvalue weighted by Gasteiger charge is 2.46. The van der Waals surface area contributed by atoms with Gasteiger partial charge in [-0.3, -0.25) is 0 Å². The lowest BCUT2D eigenvalue weighted by Gasteiger charge is -2.28. The Morgan fingerprint density at radius 3 is 2.12 bits per heavy atom. The second kappa shape index (κ2) is 4.03. The molecular weight excluding hydrogens is 260 g/mol. The Morgan fingerprint density at radius 1 is 1.06 bits per heavy atom. The minimum Gasteiger partial charge on any atom is -0.512 e. The average Bonchev–Trinajstić information content (AvgIpc) is 2.55. The van der Waals surface area contributed by atoms with Crippen LogP contribution in [0.15, 0.2) is 22.1 Å². The maximum Gasteiger partial charge on any atom is 0.0962 e. The molecule has 96 valence electrons. The molecule has 0 fully saturated rings. The van der Waals surface area contributed by atoms with Crippen LogP contribution in [0.4, 0.5) is 0 Å². The summed E-state index contributed by atoms with van der Waals surface area (Å²) in [5.74, 6) is 3.07. The van der Waals surface area contributed by atoms with Crippen molar-refractivity contribution in [1.82, 2.24) is 0 Å². The highest BCUT2D eigenvalue weighted by molar-refractivity contribution is 7.99. The molecule has 1 nitrogen and oxygen atoms in total. The van der Waals surface area contributed by atoms with Crippen molar-refractivity contribution < 1.29 is 5.11 Å². The van der Waals surface area contributed by atoms with Crippen LogP contribution in [0.5, 0.6) is 0 Å². The Kier molecular flexibility index (Phi) is 3.20. The van der Waals surface area contributed by atoms with Gasteiger partial charge in [-0.05, 0) is 16.3 Å². The van der Waals surface area contributed by atoms with Crippen molar-refractivity contribution in [1.29, 1.82) is 0 Å². The van der Waals surface area contributed by atoms with Crippen molar-refractivity contribution >= 4 is 27.9 Å². The third-order valence-electron chi connectivity index (χ3n) is 3.69. The Balaban J connectivity index is 2.55. The number of aliphatic hydroxyl groups excluding tert-OH is 1. The fourth-order valence-corrected chi connectivity index (χ4v) is 9.14. The summed E-state index contributed by atoms with van der Waals surface area (Å²) in [7, 11) is -2.76. The highest BCUT2D eigenvalue weighted by atomic mass is 32.2. The van der Waals surface area contributed by atoms with E-state index in [9.17, 15) is 5.11 Å². The summed E-state index contributed by atoms with van der Waals surface area (Å²) in [4.78, 5) is 0. The van der Waals surface area contributed by atoms with Crippen LogP contribution in [-0.2, 0) is 0 Å². The lowest BCUT2D eigenvalue weighted by Crippen LogP contribution is -2.31. The third kappa shape index (κ3) is 2.19. The van der Waals surface area contributed by atoms with Crippen LogP contribution in [0.1, 0.15) is 0 Å². The van der Waals surface area contributed by atoms with Crippen LogP contribution in [0.2, 0.25) is 44.8 Å². The molecule has 1 atom stereocenters. The van der Waals surface area contributed by atoms with E-state index in [4.69, 9.17) is 0 Å². The van der Waals surface area contributed by atoms with Crippen LogP contribution in [0, 0.1) is 0 Å². The number of hydrogen-bond acceptors (Lipinski definition) is 2. The molecule has 4 heteroatoms. The van der Waals surface area contributed by atoms with Crippen LogP contribution >= 0.6 is 11.8 Å². The lowest BCUT2D eigenvalue weighted by molar-refractivity contribution is 0.397. The third-order valence-corrected chi connectivity index (χ3v) is 9.11. The number of hydrogen-bond donors (Lipinski definition) is 1. The largest absolute Gasteiger partial charge is 0.512 e. The van der Waals surface area contributed by atoms with E-state index >= 15 is 0 Å². The predicted octanol–water partition coefficient (Wildman–Crippen LogP) is 4.44. The monoisotopic (exact) mass is 284 g/mol. The van der Waals surface area contributed by atoms with Gasteiger partial charge in [0.1, 0.15) is 0 Å². The molecule has 0 spiro atoms. The van der Waals surface area contributed by atoms with E-state index in [1.165, 1.54) is 5.20 Å². The van der Waals surface area contributed by atoms with Crippen molar-refractivity contribution in [3.63, 3.8) is 0 Å². The van der Waals surface area contributed by atoms with Gasteiger partial charge in [0.25, 0.3) is 0 Å². The van der Waals surface area contributed by atoms with E-state index < -0.39 is 16.1 Å². The summed E-state index contributed by atoms with van der Waals surface area (Å²) < 4.78 is 0. The number of aliphatic hydroxyl groups is 1. The zero-order valence-electron chi connectivity index (χ0n) is 11.8. The molecule has 2 rings (SSSR count). The fraction of sp³-hybridized carbons (Fsp3) is 0.692. The van der Waals surface area contributed by atoms with Crippen LogP contribution in [0.3, 0.4) is 0 Å². The fourth-order valence-electron chi connectivity index (χ4n) is 3.17. The van der Waals surface area contributed by atoms with Crippen molar-refractivity contribution in [3.05, 3.63) is 22.1 Å². The quantitative estimate of drug-likeness (QED) is 0.756. The summed E-state index contributed by atoms with van der Waals surface area (Å²) in [5, 5.41) is 12.1. The molecule has 1 N–H and O–H groups in total. The topological polar surface area (TPSA) is 20.2 Å².